The number of hydrogen-bond donors (Lipinski definition) is 1. The first-order valence-corrected chi connectivity index (χ1v) is 7.71. The number of anilines is 1. The van der Waals surface area contributed by atoms with Crippen molar-refractivity contribution in [3.05, 3.63) is 18.2 Å². The maximum atomic E-state index is 12.7. The molecule has 1 aromatic rings. The number of nitrogen functional groups attached to an aromatic ring is 1. The van der Waals surface area contributed by atoms with Gasteiger partial charge in [0.1, 0.15) is 10.6 Å². The third kappa shape index (κ3) is 4.32. The largest absolute Gasteiger partial charge is 0.495 e. The van der Waals surface area contributed by atoms with E-state index < -0.39 is 10.0 Å². The highest BCUT2D eigenvalue weighted by molar-refractivity contribution is 7.89. The van der Waals surface area contributed by atoms with Crippen molar-refractivity contribution in [1.82, 2.24) is 4.31 Å². The predicted octanol–water partition coefficient (Wildman–Crippen LogP) is 0.828. The minimum absolute atomic E-state index is 0.0215. The Bertz CT molecular complexity index is 610. The maximum absolute atomic E-state index is 12.7. The highest BCUT2D eigenvalue weighted by atomic mass is 32.2. The molecule has 1 rings (SSSR count). The van der Waals surface area contributed by atoms with Crippen molar-refractivity contribution in [2.45, 2.75) is 11.3 Å². The third-order valence-corrected chi connectivity index (χ3v) is 4.76. The van der Waals surface area contributed by atoms with E-state index in [1.165, 1.54) is 36.7 Å². The Morgan fingerprint density at radius 3 is 2.62 bits per heavy atom. The number of sulfonamides is 1. The number of benzene rings is 1. The first-order valence-electron chi connectivity index (χ1n) is 6.27. The lowest BCUT2D eigenvalue weighted by atomic mass is 10.3. The Morgan fingerprint density at radius 1 is 1.33 bits per heavy atom. The Balaban J connectivity index is 3.18. The van der Waals surface area contributed by atoms with Crippen LogP contribution in [-0.4, -0.2) is 46.6 Å². The van der Waals surface area contributed by atoms with Gasteiger partial charge in [0.25, 0.3) is 0 Å². The molecule has 0 saturated carbocycles. The van der Waals surface area contributed by atoms with E-state index in [2.05, 4.69) is 0 Å². The van der Waals surface area contributed by atoms with E-state index in [-0.39, 0.29) is 36.8 Å². The molecule has 0 bridgehead atoms. The van der Waals surface area contributed by atoms with Crippen molar-refractivity contribution in [1.29, 1.82) is 5.26 Å². The van der Waals surface area contributed by atoms with Crippen LogP contribution in [0.25, 0.3) is 0 Å². The molecular weight excluding hydrogens is 294 g/mol. The topological polar surface area (TPSA) is 106 Å². The fraction of sp³-hybridized carbons (Fsp3) is 0.462. The van der Waals surface area contributed by atoms with Gasteiger partial charge in [-0.1, -0.05) is 0 Å². The summed E-state index contributed by atoms with van der Waals surface area (Å²) in [5, 5.41) is 8.67. The second kappa shape index (κ2) is 7.83. The minimum Gasteiger partial charge on any atom is -0.495 e. The van der Waals surface area contributed by atoms with Gasteiger partial charge in [-0.25, -0.2) is 8.42 Å². The zero-order valence-corrected chi connectivity index (χ0v) is 12.9. The molecule has 0 atom stereocenters. The lowest BCUT2D eigenvalue weighted by Crippen LogP contribution is -2.35. The van der Waals surface area contributed by atoms with Gasteiger partial charge in [0.05, 0.1) is 19.8 Å². The van der Waals surface area contributed by atoms with E-state index in [0.717, 1.165) is 0 Å². The minimum atomic E-state index is -3.78. The molecule has 2 N–H and O–H groups in total. The fourth-order valence-electron chi connectivity index (χ4n) is 1.76. The summed E-state index contributed by atoms with van der Waals surface area (Å²) in [6.45, 7) is 0.492. The van der Waals surface area contributed by atoms with Gasteiger partial charge in [0.2, 0.25) is 10.0 Å². The van der Waals surface area contributed by atoms with E-state index in [4.69, 9.17) is 20.5 Å². The molecule has 116 valence electrons. The van der Waals surface area contributed by atoms with Crippen LogP contribution in [0.1, 0.15) is 6.42 Å². The van der Waals surface area contributed by atoms with Crippen LogP contribution >= 0.6 is 0 Å². The van der Waals surface area contributed by atoms with Crippen molar-refractivity contribution in [3.63, 3.8) is 0 Å². The first-order chi connectivity index (χ1) is 9.97. The van der Waals surface area contributed by atoms with Crippen molar-refractivity contribution >= 4 is 15.7 Å². The van der Waals surface area contributed by atoms with Crippen LogP contribution in [-0.2, 0) is 14.8 Å². The van der Waals surface area contributed by atoms with Crippen molar-refractivity contribution in [2.24, 2.45) is 0 Å². The van der Waals surface area contributed by atoms with Crippen LogP contribution in [0, 0.1) is 11.3 Å². The number of nitrogens with two attached hydrogens (primary N) is 1. The lowest BCUT2D eigenvalue weighted by molar-refractivity contribution is 0.179. The van der Waals surface area contributed by atoms with Crippen molar-refractivity contribution in [2.75, 3.05) is 39.6 Å². The van der Waals surface area contributed by atoms with E-state index in [1.54, 1.807) is 0 Å². The van der Waals surface area contributed by atoms with E-state index in [9.17, 15) is 8.42 Å². The van der Waals surface area contributed by atoms with Gasteiger partial charge in [-0.2, -0.15) is 9.57 Å². The number of ether oxygens (including phenoxy) is 2. The number of nitrogens with zero attached hydrogens (tertiary/aromatic N) is 2. The second-order valence-electron chi connectivity index (χ2n) is 4.22. The normalized spacial score (nSPS) is 11.3. The standard InChI is InChI=1S/C13H19N3O4S/c1-19-9-8-16(7-3-6-14)21(17,18)13-5-4-11(15)10-12(13)20-2/h4-5,10H,3,7-9,15H2,1-2H3. The Labute approximate surface area is 124 Å². The van der Waals surface area contributed by atoms with Crippen molar-refractivity contribution < 1.29 is 17.9 Å². The highest BCUT2D eigenvalue weighted by Gasteiger charge is 2.27. The molecule has 0 unspecified atom stereocenters. The van der Waals surface area contributed by atoms with Gasteiger partial charge in [0, 0.05) is 38.4 Å². The summed E-state index contributed by atoms with van der Waals surface area (Å²) >= 11 is 0. The Hall–Kier alpha value is -1.82. The average Bonchev–Trinajstić information content (AvgIpc) is 2.46. The SMILES string of the molecule is COCCN(CCC#N)S(=O)(=O)c1ccc(N)cc1OC. The van der Waals surface area contributed by atoms with Crippen LogP contribution in [0.4, 0.5) is 5.69 Å². The molecule has 0 aliphatic rings. The monoisotopic (exact) mass is 313 g/mol. The molecule has 0 radical (unpaired) electrons. The van der Waals surface area contributed by atoms with Gasteiger partial charge >= 0.3 is 0 Å². The summed E-state index contributed by atoms with van der Waals surface area (Å²) in [4.78, 5) is 0.0215. The molecule has 0 aliphatic carbocycles. The zero-order chi connectivity index (χ0) is 15.9. The smallest absolute Gasteiger partial charge is 0.246 e. The van der Waals surface area contributed by atoms with Gasteiger partial charge < -0.3 is 15.2 Å². The third-order valence-electron chi connectivity index (χ3n) is 2.82. The number of nitriles is 1. The summed E-state index contributed by atoms with van der Waals surface area (Å²) in [7, 11) is -0.921. The Morgan fingerprint density at radius 2 is 2.05 bits per heavy atom. The number of rotatable bonds is 8. The molecule has 7 nitrogen and oxygen atoms in total. The van der Waals surface area contributed by atoms with Crippen LogP contribution in [0.5, 0.6) is 5.75 Å². The Kier molecular flexibility index (Phi) is 6.42. The summed E-state index contributed by atoms with van der Waals surface area (Å²) in [5.74, 6) is 0.175. The van der Waals surface area contributed by atoms with Crippen molar-refractivity contribution in [3.8, 4) is 11.8 Å². The zero-order valence-electron chi connectivity index (χ0n) is 12.1. The summed E-state index contributed by atoms with van der Waals surface area (Å²) < 4.78 is 36.6. The van der Waals surface area contributed by atoms with Crippen LogP contribution in [0.15, 0.2) is 23.1 Å². The molecule has 0 aliphatic heterocycles. The molecule has 0 heterocycles. The van der Waals surface area contributed by atoms with Gasteiger partial charge in [-0.3, -0.25) is 0 Å². The van der Waals surface area contributed by atoms with Crippen LogP contribution in [0.2, 0.25) is 0 Å². The quantitative estimate of drug-likeness (QED) is 0.713. The fourth-order valence-corrected chi connectivity index (χ4v) is 3.32. The summed E-state index contributed by atoms with van der Waals surface area (Å²) in [6, 6.07) is 6.28. The highest BCUT2D eigenvalue weighted by Crippen LogP contribution is 2.28. The predicted molar refractivity (Wildman–Crippen MR) is 78.3 cm³/mol. The summed E-state index contributed by atoms with van der Waals surface area (Å²) in [6.07, 6.45) is 0.0975. The number of hydrogen-bond acceptors (Lipinski definition) is 6. The van der Waals surface area contributed by atoms with Gasteiger partial charge in [-0.15, -0.1) is 0 Å². The molecule has 0 amide bonds. The molecule has 0 fully saturated rings. The molecule has 1 aromatic carbocycles. The average molecular weight is 313 g/mol. The van der Waals surface area contributed by atoms with Crippen LogP contribution in [0.3, 0.4) is 0 Å². The molecule has 8 heteroatoms. The first kappa shape index (κ1) is 17.2. The molecule has 0 spiro atoms. The molecular formula is C13H19N3O4S. The second-order valence-corrected chi connectivity index (χ2v) is 6.12. The lowest BCUT2D eigenvalue weighted by Gasteiger charge is -2.22. The molecule has 0 saturated heterocycles. The maximum Gasteiger partial charge on any atom is 0.246 e. The molecule has 0 aromatic heterocycles. The van der Waals surface area contributed by atoms with Gasteiger partial charge in [-0.05, 0) is 12.1 Å². The van der Waals surface area contributed by atoms with E-state index >= 15 is 0 Å². The number of methoxy groups -OCH3 is 2. The van der Waals surface area contributed by atoms with Crippen LogP contribution < -0.4 is 10.5 Å². The van der Waals surface area contributed by atoms with E-state index in [0.29, 0.717) is 5.69 Å². The summed E-state index contributed by atoms with van der Waals surface area (Å²) in [5.41, 5.74) is 6.04. The van der Waals surface area contributed by atoms with E-state index in [1.807, 2.05) is 6.07 Å². The molecule has 21 heavy (non-hydrogen) atoms. The van der Waals surface area contributed by atoms with Gasteiger partial charge in [0.15, 0.2) is 0 Å².